The summed E-state index contributed by atoms with van der Waals surface area (Å²) in [5, 5.41) is 8.63. The summed E-state index contributed by atoms with van der Waals surface area (Å²) in [5.74, 6) is -0.686. The number of carboxylic acid groups (broad SMARTS) is 1. The number of rotatable bonds is 31. The van der Waals surface area contributed by atoms with E-state index in [9.17, 15) is 9.59 Å². The van der Waals surface area contributed by atoms with Gasteiger partial charge in [-0.2, -0.15) is 0 Å². The number of esters is 1. The van der Waals surface area contributed by atoms with Gasteiger partial charge in [0.15, 0.2) is 0 Å². The van der Waals surface area contributed by atoms with Gasteiger partial charge < -0.3 is 9.84 Å². The Morgan fingerprint density at radius 3 is 1.50 bits per heavy atom. The maximum Gasteiger partial charge on any atom is 0.306 e. The Kier molecular flexibility index (Phi) is 30.7. The van der Waals surface area contributed by atoms with Gasteiger partial charge in [0, 0.05) is 12.8 Å². The van der Waals surface area contributed by atoms with E-state index in [2.05, 4.69) is 31.2 Å². The number of carbonyl (C=O) groups excluding carboxylic acids is 1. The first kappa shape index (κ1) is 38.4. The van der Waals surface area contributed by atoms with Gasteiger partial charge in [0.05, 0.1) is 6.10 Å². The largest absolute Gasteiger partial charge is 0.481 e. The topological polar surface area (TPSA) is 63.6 Å². The molecule has 0 aromatic heterocycles. The Morgan fingerprint density at radius 2 is 1.00 bits per heavy atom. The second kappa shape index (κ2) is 31.9. The number of carboxylic acids is 1. The van der Waals surface area contributed by atoms with Gasteiger partial charge in [-0.1, -0.05) is 134 Å². The molecule has 4 nitrogen and oxygen atoms in total. The normalized spacial score (nSPS) is 12.4. The van der Waals surface area contributed by atoms with Crippen molar-refractivity contribution >= 4 is 11.9 Å². The van der Waals surface area contributed by atoms with Crippen molar-refractivity contribution in [1.82, 2.24) is 0 Å². The van der Waals surface area contributed by atoms with Crippen LogP contribution in [-0.4, -0.2) is 23.1 Å². The van der Waals surface area contributed by atoms with Gasteiger partial charge in [0.25, 0.3) is 0 Å². The van der Waals surface area contributed by atoms with Crippen molar-refractivity contribution < 1.29 is 19.4 Å². The molecule has 0 rings (SSSR count). The summed E-state index contributed by atoms with van der Waals surface area (Å²) >= 11 is 0. The summed E-state index contributed by atoms with van der Waals surface area (Å²) in [4.78, 5) is 22.6. The standard InChI is InChI=1S/C36H66O4/c1-3-4-5-6-7-8-9-10-11-15-18-21-24-27-30-33-36(39)40-34(2)31-28-25-22-19-16-13-12-14-17-20-23-26-29-32-35(37)38/h7-8,10-11,34H,3-6,9,12-33H2,1-2H3,(H,37,38)/b8-7-,11-10-. The lowest BCUT2D eigenvalue weighted by molar-refractivity contribution is -0.148. The van der Waals surface area contributed by atoms with E-state index in [0.29, 0.717) is 12.8 Å². The molecular formula is C36H66O4. The predicted molar refractivity (Wildman–Crippen MR) is 172 cm³/mol. The summed E-state index contributed by atoms with van der Waals surface area (Å²) < 4.78 is 5.61. The third kappa shape index (κ3) is 32.6. The maximum absolute atomic E-state index is 12.1. The van der Waals surface area contributed by atoms with E-state index in [-0.39, 0.29) is 12.1 Å². The summed E-state index contributed by atoms with van der Waals surface area (Å²) in [5.41, 5.74) is 0. The van der Waals surface area contributed by atoms with Gasteiger partial charge in [-0.05, 0) is 64.7 Å². The van der Waals surface area contributed by atoms with Crippen LogP contribution in [0.2, 0.25) is 0 Å². The average Bonchev–Trinajstić information content (AvgIpc) is 2.92. The first-order chi connectivity index (χ1) is 19.6. The molecule has 0 spiro atoms. The highest BCUT2D eigenvalue weighted by Crippen LogP contribution is 2.15. The smallest absolute Gasteiger partial charge is 0.306 e. The van der Waals surface area contributed by atoms with Gasteiger partial charge in [0.2, 0.25) is 0 Å². The van der Waals surface area contributed by atoms with E-state index < -0.39 is 5.97 Å². The summed E-state index contributed by atoms with van der Waals surface area (Å²) in [6, 6.07) is 0. The summed E-state index contributed by atoms with van der Waals surface area (Å²) in [7, 11) is 0. The molecule has 4 heteroatoms. The lowest BCUT2D eigenvalue weighted by Gasteiger charge is -2.13. The Balaban J connectivity index is 3.35. The fraction of sp³-hybridized carbons (Fsp3) is 0.833. The number of aliphatic carboxylic acids is 1. The molecule has 0 fully saturated rings. The minimum Gasteiger partial charge on any atom is -0.481 e. The lowest BCUT2D eigenvalue weighted by Crippen LogP contribution is -2.14. The number of hydrogen-bond acceptors (Lipinski definition) is 3. The fourth-order valence-electron chi connectivity index (χ4n) is 5.08. The lowest BCUT2D eigenvalue weighted by atomic mass is 10.0. The van der Waals surface area contributed by atoms with E-state index in [0.717, 1.165) is 44.9 Å². The van der Waals surface area contributed by atoms with Gasteiger partial charge >= 0.3 is 11.9 Å². The van der Waals surface area contributed by atoms with Crippen LogP contribution >= 0.6 is 0 Å². The molecule has 0 bridgehead atoms. The van der Waals surface area contributed by atoms with E-state index in [1.165, 1.54) is 116 Å². The van der Waals surface area contributed by atoms with Crippen molar-refractivity contribution in [2.45, 2.75) is 193 Å². The third-order valence-electron chi connectivity index (χ3n) is 7.67. The molecule has 40 heavy (non-hydrogen) atoms. The Hall–Kier alpha value is -1.58. The highest BCUT2D eigenvalue weighted by molar-refractivity contribution is 5.69. The van der Waals surface area contributed by atoms with Crippen molar-refractivity contribution in [3.8, 4) is 0 Å². The zero-order chi connectivity index (χ0) is 29.4. The summed E-state index contributed by atoms with van der Waals surface area (Å²) in [6.07, 6.45) is 40.2. The zero-order valence-electron chi connectivity index (χ0n) is 26.7. The van der Waals surface area contributed by atoms with Gasteiger partial charge in [-0.25, -0.2) is 0 Å². The van der Waals surface area contributed by atoms with Crippen LogP contribution in [0.3, 0.4) is 0 Å². The SMILES string of the molecule is CCCCC/C=C\C/C=C\CCCCCCCC(=O)OC(C)CCCCCCCCCCCCCCCC(=O)O. The molecule has 0 aliphatic carbocycles. The molecule has 0 aliphatic rings. The maximum atomic E-state index is 12.1. The minimum absolute atomic E-state index is 0.0153. The van der Waals surface area contributed by atoms with Crippen LogP contribution in [0.25, 0.3) is 0 Å². The number of unbranched alkanes of at least 4 members (excludes halogenated alkanes) is 20. The molecular weight excluding hydrogens is 496 g/mol. The van der Waals surface area contributed by atoms with Crippen molar-refractivity contribution in [2.24, 2.45) is 0 Å². The molecule has 0 aliphatic heterocycles. The van der Waals surface area contributed by atoms with Crippen LogP contribution in [0.5, 0.6) is 0 Å². The number of ether oxygens (including phenoxy) is 1. The van der Waals surface area contributed by atoms with Crippen LogP contribution in [0.1, 0.15) is 187 Å². The van der Waals surface area contributed by atoms with Gasteiger partial charge in [0.1, 0.15) is 0 Å². The van der Waals surface area contributed by atoms with Crippen LogP contribution in [0.15, 0.2) is 24.3 Å². The Morgan fingerprint density at radius 1 is 0.575 bits per heavy atom. The van der Waals surface area contributed by atoms with Crippen LogP contribution < -0.4 is 0 Å². The van der Waals surface area contributed by atoms with Crippen molar-refractivity contribution in [3.63, 3.8) is 0 Å². The minimum atomic E-state index is -0.670. The average molecular weight is 563 g/mol. The first-order valence-electron chi connectivity index (χ1n) is 17.3. The number of allylic oxidation sites excluding steroid dienone is 4. The molecule has 0 heterocycles. The molecule has 1 unspecified atom stereocenters. The number of hydrogen-bond donors (Lipinski definition) is 1. The molecule has 1 N–H and O–H groups in total. The molecule has 234 valence electrons. The fourth-order valence-corrected chi connectivity index (χ4v) is 5.08. The molecule has 0 aromatic rings. The highest BCUT2D eigenvalue weighted by atomic mass is 16.5. The first-order valence-corrected chi connectivity index (χ1v) is 17.3. The number of carbonyl (C=O) groups is 2. The van der Waals surface area contributed by atoms with Crippen LogP contribution in [0.4, 0.5) is 0 Å². The van der Waals surface area contributed by atoms with Crippen LogP contribution in [0, 0.1) is 0 Å². The quantitative estimate of drug-likeness (QED) is 0.0518. The second-order valence-electron chi connectivity index (χ2n) is 11.8. The van der Waals surface area contributed by atoms with E-state index in [4.69, 9.17) is 9.84 Å². The Bertz CT molecular complexity index is 610. The van der Waals surface area contributed by atoms with Crippen molar-refractivity contribution in [3.05, 3.63) is 24.3 Å². The Labute approximate surface area is 248 Å². The highest BCUT2D eigenvalue weighted by Gasteiger charge is 2.09. The van der Waals surface area contributed by atoms with E-state index in [1.807, 2.05) is 6.92 Å². The van der Waals surface area contributed by atoms with E-state index >= 15 is 0 Å². The molecule has 0 radical (unpaired) electrons. The third-order valence-corrected chi connectivity index (χ3v) is 7.67. The molecule has 0 saturated carbocycles. The van der Waals surface area contributed by atoms with Gasteiger partial charge in [-0.15, -0.1) is 0 Å². The predicted octanol–water partition coefficient (Wildman–Crippen LogP) is 11.7. The molecule has 0 aromatic carbocycles. The van der Waals surface area contributed by atoms with Crippen LogP contribution in [-0.2, 0) is 14.3 Å². The zero-order valence-corrected chi connectivity index (χ0v) is 26.7. The van der Waals surface area contributed by atoms with Crippen molar-refractivity contribution in [1.29, 1.82) is 0 Å². The molecule has 1 atom stereocenters. The van der Waals surface area contributed by atoms with Crippen molar-refractivity contribution in [2.75, 3.05) is 0 Å². The van der Waals surface area contributed by atoms with E-state index in [1.54, 1.807) is 0 Å². The monoisotopic (exact) mass is 562 g/mol. The summed E-state index contributed by atoms with van der Waals surface area (Å²) in [6.45, 7) is 4.29. The molecule has 0 amide bonds. The van der Waals surface area contributed by atoms with Gasteiger partial charge in [-0.3, -0.25) is 9.59 Å². The molecule has 0 saturated heterocycles. The second-order valence-corrected chi connectivity index (χ2v) is 11.8.